The fourth-order valence-corrected chi connectivity index (χ4v) is 7.60. The number of morpholine rings is 1. The first kappa shape index (κ1) is 27.3. The van der Waals surface area contributed by atoms with E-state index in [1.165, 1.54) is 24.4 Å². The van der Waals surface area contributed by atoms with E-state index in [0.717, 1.165) is 32.2 Å². The quantitative estimate of drug-likeness (QED) is 0.341. The van der Waals surface area contributed by atoms with Gasteiger partial charge in [-0.2, -0.15) is 9.97 Å². The van der Waals surface area contributed by atoms with Crippen molar-refractivity contribution in [3.8, 4) is 29.7 Å². The minimum absolute atomic E-state index is 0.0314. The lowest BCUT2D eigenvalue weighted by Crippen LogP contribution is -2.44. The van der Waals surface area contributed by atoms with Crippen molar-refractivity contribution in [3.63, 3.8) is 0 Å². The van der Waals surface area contributed by atoms with Gasteiger partial charge in [-0.1, -0.05) is 12.0 Å². The molecule has 0 radical (unpaired) electrons. The molecule has 3 aromatic heterocycles. The number of hydrogen-bond donors (Lipinski definition) is 1. The van der Waals surface area contributed by atoms with Crippen LogP contribution in [0.1, 0.15) is 37.7 Å². The van der Waals surface area contributed by atoms with Gasteiger partial charge in [0.15, 0.2) is 5.82 Å². The van der Waals surface area contributed by atoms with Crippen molar-refractivity contribution in [3.05, 3.63) is 51.9 Å². The molecule has 44 heavy (non-hydrogen) atoms. The van der Waals surface area contributed by atoms with Crippen LogP contribution in [-0.4, -0.2) is 81.5 Å². The Hall–Kier alpha value is -4.21. The number of terminal acetylenes is 1. The molecule has 9 nitrogen and oxygen atoms in total. The number of rotatable bonds is 5. The molecule has 1 N–H and O–H groups in total. The Morgan fingerprint density at radius 2 is 2.00 bits per heavy atom. The maximum absolute atomic E-state index is 16.7. The van der Waals surface area contributed by atoms with E-state index in [1.807, 2.05) is 4.90 Å². The van der Waals surface area contributed by atoms with E-state index in [2.05, 4.69) is 25.8 Å². The Morgan fingerprint density at radius 1 is 1.18 bits per heavy atom. The summed E-state index contributed by atoms with van der Waals surface area (Å²) in [5.74, 6) is 1.26. The van der Waals surface area contributed by atoms with Crippen molar-refractivity contribution in [2.45, 2.75) is 56.0 Å². The molecule has 226 valence electrons. The van der Waals surface area contributed by atoms with Crippen LogP contribution in [0.15, 0.2) is 29.2 Å². The van der Waals surface area contributed by atoms with Crippen molar-refractivity contribution in [2.24, 2.45) is 0 Å². The molecule has 8 rings (SSSR count). The Kier molecular flexibility index (Phi) is 6.32. The highest BCUT2D eigenvalue weighted by atomic mass is 19.1. The van der Waals surface area contributed by atoms with Gasteiger partial charge in [-0.15, -0.1) is 6.42 Å². The third-order valence-electron chi connectivity index (χ3n) is 9.57. The summed E-state index contributed by atoms with van der Waals surface area (Å²) in [6.07, 6.45) is 10.2. The Bertz CT molecular complexity index is 1920. The van der Waals surface area contributed by atoms with Gasteiger partial charge in [0, 0.05) is 43.7 Å². The molecule has 4 aliphatic rings. The Labute approximate surface area is 250 Å². The second-order valence-electron chi connectivity index (χ2n) is 12.3. The number of nitrogens with zero attached hydrogens (tertiary/aromatic N) is 5. The van der Waals surface area contributed by atoms with E-state index in [-0.39, 0.29) is 52.7 Å². The monoisotopic (exact) mass is 602 g/mol. The highest BCUT2D eigenvalue weighted by molar-refractivity contribution is 6.00. The molecule has 4 atom stereocenters. The number of anilines is 1. The van der Waals surface area contributed by atoms with E-state index in [1.54, 1.807) is 0 Å². The zero-order valence-electron chi connectivity index (χ0n) is 23.8. The van der Waals surface area contributed by atoms with Crippen LogP contribution in [0.25, 0.3) is 33.1 Å². The number of halogens is 3. The van der Waals surface area contributed by atoms with Gasteiger partial charge in [-0.25, -0.2) is 13.2 Å². The van der Waals surface area contributed by atoms with Crippen LogP contribution in [0.4, 0.5) is 19.0 Å². The predicted octanol–water partition coefficient (Wildman–Crippen LogP) is 4.12. The third kappa shape index (κ3) is 4.32. The van der Waals surface area contributed by atoms with Gasteiger partial charge in [0.05, 0.1) is 34.4 Å². The van der Waals surface area contributed by atoms with Crippen molar-refractivity contribution >= 4 is 27.5 Å². The van der Waals surface area contributed by atoms with Crippen LogP contribution < -0.4 is 15.2 Å². The second kappa shape index (κ2) is 10.2. The van der Waals surface area contributed by atoms with Crippen molar-refractivity contribution in [1.29, 1.82) is 0 Å². The molecule has 0 saturated carbocycles. The number of pyridine rings is 2. The average molecular weight is 603 g/mol. The summed E-state index contributed by atoms with van der Waals surface area (Å²) >= 11 is 0. The predicted molar refractivity (Wildman–Crippen MR) is 157 cm³/mol. The van der Waals surface area contributed by atoms with Gasteiger partial charge in [-0.05, 0) is 43.7 Å². The van der Waals surface area contributed by atoms with Crippen molar-refractivity contribution in [1.82, 2.24) is 24.8 Å². The molecule has 12 heteroatoms. The van der Waals surface area contributed by atoms with E-state index in [4.69, 9.17) is 20.9 Å². The van der Waals surface area contributed by atoms with Crippen molar-refractivity contribution in [2.75, 3.05) is 37.7 Å². The molecular formula is C32H29F3N6O3. The molecule has 7 heterocycles. The van der Waals surface area contributed by atoms with E-state index in [0.29, 0.717) is 42.6 Å². The van der Waals surface area contributed by atoms with Crippen LogP contribution in [0.3, 0.4) is 0 Å². The lowest BCUT2D eigenvalue weighted by atomic mass is 9.95. The van der Waals surface area contributed by atoms with E-state index in [9.17, 15) is 13.6 Å². The molecular weight excluding hydrogens is 573 g/mol. The number of nitrogens with one attached hydrogen (secondary N) is 1. The fraction of sp³-hybridized carbons (Fsp3) is 0.438. The van der Waals surface area contributed by atoms with Gasteiger partial charge >= 0.3 is 6.01 Å². The number of hydrogen-bond acceptors (Lipinski definition) is 8. The normalized spacial score (nSPS) is 26.4. The van der Waals surface area contributed by atoms with E-state index < -0.39 is 28.9 Å². The minimum Gasteiger partial charge on any atom is -0.461 e. The minimum atomic E-state index is -0.928. The zero-order valence-corrected chi connectivity index (χ0v) is 23.8. The molecule has 0 amide bonds. The second-order valence-corrected chi connectivity index (χ2v) is 12.3. The lowest BCUT2D eigenvalue weighted by Gasteiger charge is -2.34. The van der Waals surface area contributed by atoms with Gasteiger partial charge in [0.2, 0.25) is 5.56 Å². The summed E-state index contributed by atoms with van der Waals surface area (Å²) in [4.78, 5) is 33.0. The van der Waals surface area contributed by atoms with E-state index >= 15 is 4.39 Å². The number of H-pyrrole nitrogens is 1. The zero-order chi connectivity index (χ0) is 30.2. The summed E-state index contributed by atoms with van der Waals surface area (Å²) < 4.78 is 58.1. The Balaban J connectivity index is 1.28. The van der Waals surface area contributed by atoms with Crippen LogP contribution in [0.5, 0.6) is 6.01 Å². The molecule has 0 spiro atoms. The van der Waals surface area contributed by atoms with Crippen LogP contribution in [0.2, 0.25) is 0 Å². The molecule has 1 aromatic carbocycles. The van der Waals surface area contributed by atoms with Crippen LogP contribution >= 0.6 is 0 Å². The summed E-state index contributed by atoms with van der Waals surface area (Å²) in [6, 6.07) is 3.82. The van der Waals surface area contributed by atoms with Gasteiger partial charge < -0.3 is 19.4 Å². The summed E-state index contributed by atoms with van der Waals surface area (Å²) in [6.45, 7) is 2.48. The number of ether oxygens (including phenoxy) is 2. The first-order valence-electron chi connectivity index (χ1n) is 14.9. The highest BCUT2D eigenvalue weighted by Gasteiger charge is 2.49. The molecule has 2 bridgehead atoms. The number of aromatic nitrogens is 4. The van der Waals surface area contributed by atoms with Crippen LogP contribution in [0, 0.1) is 24.0 Å². The largest absolute Gasteiger partial charge is 0.461 e. The topological polar surface area (TPSA) is 96.5 Å². The van der Waals surface area contributed by atoms with Crippen molar-refractivity contribution < 1.29 is 22.6 Å². The standard InChI is InChI=1S/C32H29F3N6O3/c1-2-21-23(34)7-4-17-10-24(42)37-28(25(17)21)29-26(35)27-22(12-36-29)30(40-14-19-5-6-20(15-40)44-19)39-31(38-27)43-16-32-8-3-9-41(32)13-18(33)11-32/h1,4,7,10,12,18-20H,3,5-6,8-9,11,13-16H2,(H,37,42)/t18-,19-,20+,32+/m1/s1. The smallest absolute Gasteiger partial charge is 0.319 e. The SMILES string of the molecule is C#Cc1c(F)ccc2cc(=O)[nH]c(-c3ncc4c(N5C[C@H]6CC[C@@H](C5)O6)nc(OC[C@@]56CCCN5C[C@H](F)C6)nc4c3F)c12. The van der Waals surface area contributed by atoms with Gasteiger partial charge in [0.25, 0.3) is 0 Å². The number of alkyl halides is 1. The first-order valence-corrected chi connectivity index (χ1v) is 14.9. The number of benzene rings is 1. The maximum Gasteiger partial charge on any atom is 0.319 e. The summed E-state index contributed by atoms with van der Waals surface area (Å²) in [7, 11) is 0. The number of aromatic amines is 1. The summed E-state index contributed by atoms with van der Waals surface area (Å²) in [5.41, 5.74) is -1.45. The van der Waals surface area contributed by atoms with Crippen LogP contribution in [-0.2, 0) is 4.74 Å². The third-order valence-corrected chi connectivity index (χ3v) is 9.57. The maximum atomic E-state index is 16.7. The highest BCUT2D eigenvalue weighted by Crippen LogP contribution is 2.41. The Morgan fingerprint density at radius 3 is 2.80 bits per heavy atom. The average Bonchev–Trinajstić information content (AvgIpc) is 3.66. The summed E-state index contributed by atoms with van der Waals surface area (Å²) in [5, 5.41) is 0.866. The molecule has 0 unspecified atom stereocenters. The molecule has 4 fully saturated rings. The molecule has 4 aromatic rings. The molecule has 0 aliphatic carbocycles. The molecule has 4 aliphatic heterocycles. The number of fused-ring (bicyclic) bond motifs is 5. The molecule has 4 saturated heterocycles. The van der Waals surface area contributed by atoms with Gasteiger partial charge in [-0.3, -0.25) is 14.7 Å². The van der Waals surface area contributed by atoms with Gasteiger partial charge in [0.1, 0.15) is 35.6 Å². The fourth-order valence-electron chi connectivity index (χ4n) is 7.60. The lowest BCUT2D eigenvalue weighted by molar-refractivity contribution is 0.0302. The first-order chi connectivity index (χ1) is 21.3.